The molecular weight excluding hydrogens is 760 g/mol. The third-order valence-electron chi connectivity index (χ3n) is 3.67. The van der Waals surface area contributed by atoms with Crippen LogP contribution in [0.5, 0.6) is 0 Å². The van der Waals surface area contributed by atoms with Gasteiger partial charge >= 0.3 is 21.7 Å². The van der Waals surface area contributed by atoms with Gasteiger partial charge in [0.25, 0.3) is 0 Å². The summed E-state index contributed by atoms with van der Waals surface area (Å²) in [5.74, 6) is -5.74. The van der Waals surface area contributed by atoms with Gasteiger partial charge < -0.3 is 122 Å². The van der Waals surface area contributed by atoms with Crippen LogP contribution in [0, 0.1) is 0 Å². The van der Waals surface area contributed by atoms with E-state index in [1.165, 1.54) is 0 Å². The summed E-state index contributed by atoms with van der Waals surface area (Å²) in [6.07, 6.45) is -5.37. The van der Waals surface area contributed by atoms with Gasteiger partial charge in [0.05, 0.1) is 101 Å². The van der Waals surface area contributed by atoms with Crippen LogP contribution in [0.4, 0.5) is 0 Å². The Hall–Kier alpha value is -2.05. The summed E-state index contributed by atoms with van der Waals surface area (Å²) in [6.45, 7) is 10.2. The van der Waals surface area contributed by atoms with Gasteiger partial charge in [-0.05, 0) is 27.7 Å². The normalized spacial score (nSPS) is 11.2. The van der Waals surface area contributed by atoms with E-state index in [1.54, 1.807) is 0 Å². The van der Waals surface area contributed by atoms with Crippen molar-refractivity contribution in [1.29, 1.82) is 0 Å². The van der Waals surface area contributed by atoms with Gasteiger partial charge in [0.1, 0.15) is 0 Å². The van der Waals surface area contributed by atoms with Crippen LogP contribution in [-0.4, -0.2) is 215 Å². The van der Waals surface area contributed by atoms with Crippen LogP contribution in [0.15, 0.2) is 0 Å². The summed E-state index contributed by atoms with van der Waals surface area (Å²) >= 11 is 0. The summed E-state index contributed by atoms with van der Waals surface area (Å²) in [5, 5.41) is 146. The summed E-state index contributed by atoms with van der Waals surface area (Å²) in [4.78, 5) is 37.4. The first-order valence-electron chi connectivity index (χ1n) is 15.5. The molecule has 0 aromatic carbocycles. The van der Waals surface area contributed by atoms with Gasteiger partial charge in [0.2, 0.25) is 0 Å². The monoisotopic (exact) mass is 824 g/mol. The van der Waals surface area contributed by atoms with Crippen molar-refractivity contribution in [2.24, 2.45) is 0 Å². The van der Waals surface area contributed by atoms with Crippen LogP contribution in [0.3, 0.4) is 0 Å². The van der Waals surface area contributed by atoms with Crippen LogP contribution in [0.25, 0.3) is 0 Å². The number of aliphatic carboxylic acids is 4. The minimum atomic E-state index is -1.44. The molecule has 0 aliphatic carbocycles. The van der Waals surface area contributed by atoms with Gasteiger partial charge in [0.15, 0.2) is 0 Å². The van der Waals surface area contributed by atoms with Gasteiger partial charge in [0, 0.05) is 52.4 Å². The number of rotatable bonds is 20. The molecule has 0 aliphatic heterocycles. The van der Waals surface area contributed by atoms with E-state index >= 15 is 0 Å². The van der Waals surface area contributed by atoms with Crippen molar-refractivity contribution in [2.75, 3.05) is 105 Å². The van der Waals surface area contributed by atoms with E-state index in [0.717, 1.165) is 27.7 Å². The first-order chi connectivity index (χ1) is 24.2. The van der Waals surface area contributed by atoms with E-state index in [1.807, 2.05) is 0 Å². The Morgan fingerprint density at radius 3 is 0.472 bits per heavy atom. The summed E-state index contributed by atoms with van der Waals surface area (Å²) in [5.41, 5.74) is 0. The number of carbonyl (C=O) groups excluding carboxylic acids is 4. The van der Waals surface area contributed by atoms with E-state index in [9.17, 15) is 39.6 Å². The minimum Gasteiger partial charge on any atom is -0.547 e. The summed E-state index contributed by atoms with van der Waals surface area (Å²) < 4.78 is 0. The smallest absolute Gasteiger partial charge is 0.547 e. The Morgan fingerprint density at radius 2 is 0.434 bits per heavy atom. The maximum Gasteiger partial charge on any atom is 4.00 e. The fraction of sp³-hybridized carbons (Fsp3) is 0.857. The fourth-order valence-electron chi connectivity index (χ4n) is 1.13. The molecule has 53 heavy (non-hydrogen) atoms. The van der Waals surface area contributed by atoms with Gasteiger partial charge in [-0.25, -0.2) is 0 Å². The van der Waals surface area contributed by atoms with E-state index in [2.05, 4.69) is 21.3 Å². The number of carboxylic acid groups (broad SMARTS) is 4. The van der Waals surface area contributed by atoms with Crippen molar-refractivity contribution in [3.05, 3.63) is 0 Å². The number of nitrogens with one attached hydrogen (secondary N) is 4. The maximum absolute atomic E-state index is 9.34. The third-order valence-corrected chi connectivity index (χ3v) is 3.67. The van der Waals surface area contributed by atoms with Gasteiger partial charge in [-0.1, -0.05) is 0 Å². The zero-order chi connectivity index (χ0) is 42.8. The zero-order valence-electron chi connectivity index (χ0n) is 30.8. The molecule has 0 radical (unpaired) electrons. The van der Waals surface area contributed by atoms with E-state index in [0.29, 0.717) is 52.4 Å². The van der Waals surface area contributed by atoms with Crippen molar-refractivity contribution in [1.82, 2.24) is 21.3 Å². The Morgan fingerprint density at radius 1 is 0.358 bits per heavy atom. The van der Waals surface area contributed by atoms with Gasteiger partial charge in [-0.2, -0.15) is 0 Å². The number of aliphatic hydroxyl groups is 12. The third kappa shape index (κ3) is 128. The average Bonchev–Trinajstić information content (AvgIpc) is 3.07. The fourth-order valence-corrected chi connectivity index (χ4v) is 1.13. The second kappa shape index (κ2) is 68.0. The zero-order valence-corrected chi connectivity index (χ0v) is 32.3. The second-order valence-corrected chi connectivity index (χ2v) is 8.77. The van der Waals surface area contributed by atoms with Crippen LogP contribution in [0.2, 0.25) is 0 Å². The van der Waals surface area contributed by atoms with E-state index in [4.69, 9.17) is 61.3 Å². The standard InChI is InChI=1S/4C4H11NO2.4C3H6O3.Ti/c4*6-3-1-5-2-4-7;4*1-2(4)3(5)6;/h4*5-7H,1-4H2;4*2,4H,1H3,(H,5,6);/q;;;;;;;;+4/p-4. The van der Waals surface area contributed by atoms with Crippen molar-refractivity contribution >= 4 is 23.9 Å². The minimum absolute atomic E-state index is 0. The average molecular weight is 825 g/mol. The van der Waals surface area contributed by atoms with E-state index in [-0.39, 0.29) is 74.6 Å². The number of hydrogen-bond donors (Lipinski definition) is 16. The van der Waals surface area contributed by atoms with Crippen molar-refractivity contribution < 1.29 is 123 Å². The van der Waals surface area contributed by atoms with Crippen molar-refractivity contribution in [3.8, 4) is 0 Å². The molecule has 4 unspecified atom stereocenters. The number of hydrogen-bond acceptors (Lipinski definition) is 24. The van der Waals surface area contributed by atoms with Crippen LogP contribution < -0.4 is 41.7 Å². The quantitative estimate of drug-likeness (QED) is 0.0400. The molecule has 0 bridgehead atoms. The first kappa shape index (κ1) is 72.2. The molecule has 0 saturated heterocycles. The molecule has 0 fully saturated rings. The molecular formula is C28H64N4O20Ti. The molecule has 0 amide bonds. The molecule has 0 aromatic heterocycles. The Kier molecular flexibility index (Phi) is 92.7. The Bertz CT molecular complexity index is 573. The number of carboxylic acids is 4. The van der Waals surface area contributed by atoms with Crippen molar-refractivity contribution in [3.63, 3.8) is 0 Å². The number of aliphatic hydroxyl groups excluding tert-OH is 12. The predicted molar refractivity (Wildman–Crippen MR) is 175 cm³/mol. The molecule has 0 heterocycles. The molecule has 0 aliphatic rings. The molecule has 320 valence electrons. The Labute approximate surface area is 324 Å². The van der Waals surface area contributed by atoms with Gasteiger partial charge in [-0.15, -0.1) is 0 Å². The molecule has 0 aromatic rings. The molecule has 0 spiro atoms. The summed E-state index contributed by atoms with van der Waals surface area (Å²) in [7, 11) is 0. The molecule has 0 saturated carbocycles. The maximum atomic E-state index is 9.34. The van der Waals surface area contributed by atoms with E-state index < -0.39 is 48.3 Å². The van der Waals surface area contributed by atoms with Crippen molar-refractivity contribution in [2.45, 2.75) is 52.1 Å². The van der Waals surface area contributed by atoms with Crippen LogP contribution in [-0.2, 0) is 40.9 Å². The first-order valence-corrected chi connectivity index (χ1v) is 15.5. The predicted octanol–water partition coefficient (Wildman–Crippen LogP) is -13.3. The topological polar surface area (TPSA) is 451 Å². The molecule has 0 rings (SSSR count). The molecule has 25 heteroatoms. The summed E-state index contributed by atoms with van der Waals surface area (Å²) in [6, 6.07) is 0. The molecule has 16 N–H and O–H groups in total. The molecule has 4 atom stereocenters. The largest absolute Gasteiger partial charge is 4.00 e. The molecule has 24 nitrogen and oxygen atoms in total. The van der Waals surface area contributed by atoms with Gasteiger partial charge in [-0.3, -0.25) is 0 Å². The second-order valence-electron chi connectivity index (χ2n) is 8.77. The SMILES string of the molecule is CC(O)C(=O)[O-].CC(O)C(=O)[O-].CC(O)C(=O)[O-].CC(O)C(=O)[O-].OCCNCCO.OCCNCCO.OCCNCCO.OCCNCCO.[Ti+4]. The van der Waals surface area contributed by atoms with Crippen LogP contribution in [0.1, 0.15) is 27.7 Å². The Balaban J connectivity index is -0.0000000595. The van der Waals surface area contributed by atoms with Crippen LogP contribution >= 0.6 is 0 Å². The number of carbonyl (C=O) groups is 4.